The Morgan fingerprint density at radius 2 is 1.91 bits per heavy atom. The SMILES string of the molecule is Cc1ccccc1N1C[C@@H](C(=O)NC2CCCCC2)CC1=O. The molecule has 4 heteroatoms. The summed E-state index contributed by atoms with van der Waals surface area (Å²) in [4.78, 5) is 26.5. The first-order valence-electron chi connectivity index (χ1n) is 8.31. The van der Waals surface area contributed by atoms with Gasteiger partial charge in [-0.25, -0.2) is 0 Å². The van der Waals surface area contributed by atoms with Gasteiger partial charge in [0, 0.05) is 24.7 Å². The number of hydrogen-bond acceptors (Lipinski definition) is 2. The summed E-state index contributed by atoms with van der Waals surface area (Å²) < 4.78 is 0. The zero-order chi connectivity index (χ0) is 15.5. The molecule has 22 heavy (non-hydrogen) atoms. The smallest absolute Gasteiger partial charge is 0.227 e. The van der Waals surface area contributed by atoms with E-state index in [4.69, 9.17) is 0 Å². The van der Waals surface area contributed by atoms with Crippen molar-refractivity contribution in [3.8, 4) is 0 Å². The van der Waals surface area contributed by atoms with Crippen LogP contribution in [0.3, 0.4) is 0 Å². The molecule has 1 heterocycles. The van der Waals surface area contributed by atoms with Crippen LogP contribution in [-0.2, 0) is 9.59 Å². The summed E-state index contributed by atoms with van der Waals surface area (Å²) in [6, 6.07) is 8.16. The third kappa shape index (κ3) is 3.16. The second kappa shape index (κ2) is 6.51. The zero-order valence-electron chi connectivity index (χ0n) is 13.2. The van der Waals surface area contributed by atoms with E-state index in [1.54, 1.807) is 4.90 Å². The van der Waals surface area contributed by atoms with Crippen molar-refractivity contribution in [2.45, 2.75) is 51.5 Å². The lowest BCUT2D eigenvalue weighted by Crippen LogP contribution is -2.40. The normalized spacial score (nSPS) is 22.9. The molecule has 3 rings (SSSR count). The maximum atomic E-state index is 12.4. The minimum atomic E-state index is -0.214. The number of rotatable bonds is 3. The summed E-state index contributed by atoms with van der Waals surface area (Å²) in [6.45, 7) is 2.50. The molecule has 1 saturated heterocycles. The fourth-order valence-corrected chi connectivity index (χ4v) is 3.55. The highest BCUT2D eigenvalue weighted by molar-refractivity contribution is 6.00. The van der Waals surface area contributed by atoms with Crippen molar-refractivity contribution in [2.75, 3.05) is 11.4 Å². The number of hydrogen-bond donors (Lipinski definition) is 1. The van der Waals surface area contributed by atoms with Crippen LogP contribution >= 0.6 is 0 Å². The lowest BCUT2D eigenvalue weighted by molar-refractivity contribution is -0.127. The molecule has 2 aliphatic rings. The lowest BCUT2D eigenvalue weighted by atomic mass is 9.95. The van der Waals surface area contributed by atoms with Gasteiger partial charge in [-0.15, -0.1) is 0 Å². The predicted octanol–water partition coefficient (Wildman–Crippen LogP) is 2.80. The van der Waals surface area contributed by atoms with Crippen LogP contribution in [0.5, 0.6) is 0 Å². The minimum Gasteiger partial charge on any atom is -0.353 e. The molecule has 1 aliphatic carbocycles. The van der Waals surface area contributed by atoms with Gasteiger partial charge >= 0.3 is 0 Å². The van der Waals surface area contributed by atoms with Crippen LogP contribution < -0.4 is 10.2 Å². The predicted molar refractivity (Wildman–Crippen MR) is 86.7 cm³/mol. The number of benzene rings is 1. The van der Waals surface area contributed by atoms with Crippen LogP contribution in [0.15, 0.2) is 24.3 Å². The highest BCUT2D eigenvalue weighted by atomic mass is 16.2. The van der Waals surface area contributed by atoms with Crippen molar-refractivity contribution >= 4 is 17.5 Å². The van der Waals surface area contributed by atoms with E-state index in [0.29, 0.717) is 19.0 Å². The van der Waals surface area contributed by atoms with Crippen LogP contribution in [0, 0.1) is 12.8 Å². The van der Waals surface area contributed by atoms with Gasteiger partial charge in [0.1, 0.15) is 0 Å². The average molecular weight is 300 g/mol. The van der Waals surface area contributed by atoms with E-state index >= 15 is 0 Å². The van der Waals surface area contributed by atoms with Gasteiger partial charge in [-0.2, -0.15) is 0 Å². The van der Waals surface area contributed by atoms with Gasteiger partial charge in [-0.1, -0.05) is 37.5 Å². The van der Waals surface area contributed by atoms with Crippen LogP contribution in [0.1, 0.15) is 44.1 Å². The van der Waals surface area contributed by atoms with Gasteiger partial charge in [0.05, 0.1) is 5.92 Å². The molecule has 0 aromatic heterocycles. The lowest BCUT2D eigenvalue weighted by Gasteiger charge is -2.24. The average Bonchev–Trinajstić information content (AvgIpc) is 2.91. The molecular weight excluding hydrogens is 276 g/mol. The zero-order valence-corrected chi connectivity index (χ0v) is 13.2. The molecule has 0 spiro atoms. The number of carbonyl (C=O) groups is 2. The first kappa shape index (κ1) is 15.1. The standard InChI is InChI=1S/C18H24N2O2/c1-13-7-5-6-10-16(13)20-12-14(11-17(20)21)18(22)19-15-8-3-2-4-9-15/h5-7,10,14-15H,2-4,8-9,11-12H2,1H3,(H,19,22)/t14-/m0/s1. The Kier molecular flexibility index (Phi) is 4.46. The molecule has 1 aliphatic heterocycles. The van der Waals surface area contributed by atoms with E-state index in [9.17, 15) is 9.59 Å². The van der Waals surface area contributed by atoms with Crippen molar-refractivity contribution in [3.63, 3.8) is 0 Å². The Bertz CT molecular complexity index is 564. The van der Waals surface area contributed by atoms with Crippen LogP contribution in [0.4, 0.5) is 5.69 Å². The summed E-state index contributed by atoms with van der Waals surface area (Å²) in [5.74, 6) is -0.108. The summed E-state index contributed by atoms with van der Waals surface area (Å²) in [5.41, 5.74) is 2.00. The largest absolute Gasteiger partial charge is 0.353 e. The number of para-hydroxylation sites is 1. The summed E-state index contributed by atoms with van der Waals surface area (Å²) >= 11 is 0. The van der Waals surface area contributed by atoms with Crippen LogP contribution in [0.2, 0.25) is 0 Å². The van der Waals surface area contributed by atoms with Gasteiger partial charge in [0.25, 0.3) is 0 Å². The number of nitrogens with one attached hydrogen (secondary N) is 1. The van der Waals surface area contributed by atoms with E-state index in [2.05, 4.69) is 5.32 Å². The monoisotopic (exact) mass is 300 g/mol. The molecule has 2 fully saturated rings. The summed E-state index contributed by atoms with van der Waals surface area (Å²) in [5, 5.41) is 3.15. The minimum absolute atomic E-state index is 0.0522. The Hall–Kier alpha value is -1.84. The molecule has 2 amide bonds. The molecular formula is C18H24N2O2. The van der Waals surface area contributed by atoms with Crippen LogP contribution in [-0.4, -0.2) is 24.4 Å². The third-order valence-corrected chi connectivity index (χ3v) is 4.85. The second-order valence-corrected chi connectivity index (χ2v) is 6.54. The van der Waals surface area contributed by atoms with Crippen molar-refractivity contribution < 1.29 is 9.59 Å². The maximum Gasteiger partial charge on any atom is 0.227 e. The molecule has 1 N–H and O–H groups in total. The van der Waals surface area contributed by atoms with Crippen LogP contribution in [0.25, 0.3) is 0 Å². The number of anilines is 1. The van der Waals surface area contributed by atoms with Crippen molar-refractivity contribution in [3.05, 3.63) is 29.8 Å². The Balaban J connectivity index is 1.64. The van der Waals surface area contributed by atoms with E-state index in [-0.39, 0.29) is 17.7 Å². The Morgan fingerprint density at radius 3 is 2.64 bits per heavy atom. The van der Waals surface area contributed by atoms with Gasteiger partial charge in [-0.05, 0) is 31.4 Å². The molecule has 1 saturated carbocycles. The molecule has 1 aromatic carbocycles. The fraction of sp³-hybridized carbons (Fsp3) is 0.556. The van der Waals surface area contributed by atoms with E-state index < -0.39 is 0 Å². The molecule has 1 aromatic rings. The number of carbonyl (C=O) groups excluding carboxylic acids is 2. The van der Waals surface area contributed by atoms with Gasteiger partial charge in [0.2, 0.25) is 11.8 Å². The van der Waals surface area contributed by atoms with E-state index in [0.717, 1.165) is 24.1 Å². The first-order chi connectivity index (χ1) is 10.6. The molecule has 0 bridgehead atoms. The Morgan fingerprint density at radius 1 is 1.18 bits per heavy atom. The fourth-order valence-electron chi connectivity index (χ4n) is 3.55. The molecule has 4 nitrogen and oxygen atoms in total. The molecule has 118 valence electrons. The van der Waals surface area contributed by atoms with Crippen molar-refractivity contribution in [2.24, 2.45) is 5.92 Å². The van der Waals surface area contributed by atoms with Crippen molar-refractivity contribution in [1.82, 2.24) is 5.32 Å². The summed E-state index contributed by atoms with van der Waals surface area (Å²) in [6.07, 6.45) is 6.15. The quantitative estimate of drug-likeness (QED) is 0.933. The number of amides is 2. The first-order valence-corrected chi connectivity index (χ1v) is 8.31. The summed E-state index contributed by atoms with van der Waals surface area (Å²) in [7, 11) is 0. The van der Waals surface area contributed by atoms with E-state index in [1.165, 1.54) is 19.3 Å². The molecule has 0 radical (unpaired) electrons. The third-order valence-electron chi connectivity index (χ3n) is 4.85. The van der Waals surface area contributed by atoms with Gasteiger partial charge in [-0.3, -0.25) is 9.59 Å². The Labute approximate surface area is 131 Å². The molecule has 0 unspecified atom stereocenters. The number of nitrogens with zero attached hydrogens (tertiary/aromatic N) is 1. The topological polar surface area (TPSA) is 49.4 Å². The maximum absolute atomic E-state index is 12.4. The highest BCUT2D eigenvalue weighted by Crippen LogP contribution is 2.28. The molecule has 1 atom stereocenters. The number of aryl methyl sites for hydroxylation is 1. The second-order valence-electron chi connectivity index (χ2n) is 6.54. The van der Waals surface area contributed by atoms with Crippen molar-refractivity contribution in [1.29, 1.82) is 0 Å². The van der Waals surface area contributed by atoms with E-state index in [1.807, 2.05) is 31.2 Å². The van der Waals surface area contributed by atoms with Gasteiger partial charge in [0.15, 0.2) is 0 Å². The highest BCUT2D eigenvalue weighted by Gasteiger charge is 2.36. The van der Waals surface area contributed by atoms with Gasteiger partial charge < -0.3 is 10.2 Å².